The zero-order valence-electron chi connectivity index (χ0n) is 12.5. The number of hydrogen-bond donors (Lipinski definition) is 2. The number of hydrogen-bond acceptors (Lipinski definition) is 5. The molecule has 1 spiro atoms. The van der Waals surface area contributed by atoms with Crippen molar-refractivity contribution in [3.8, 4) is 0 Å². The quantitative estimate of drug-likeness (QED) is 0.875. The van der Waals surface area contributed by atoms with Gasteiger partial charge in [0.1, 0.15) is 5.66 Å². The third-order valence-electron chi connectivity index (χ3n) is 4.43. The minimum Gasteiger partial charge on any atom is -0.369 e. The third-order valence-corrected chi connectivity index (χ3v) is 4.43. The summed E-state index contributed by atoms with van der Waals surface area (Å²) in [5.74, 6) is 0.759. The Bertz CT molecular complexity index is 584. The van der Waals surface area contributed by atoms with Crippen LogP contribution in [0, 0.1) is 0 Å². The molecule has 3 rings (SSSR count). The molecular weight excluding hydrogens is 262 g/mol. The summed E-state index contributed by atoms with van der Waals surface area (Å²) in [6.07, 6.45) is 6.48. The van der Waals surface area contributed by atoms with Gasteiger partial charge in [0.2, 0.25) is 11.9 Å². The van der Waals surface area contributed by atoms with Crippen LogP contribution in [0.5, 0.6) is 0 Å². The van der Waals surface area contributed by atoms with Gasteiger partial charge in [0.05, 0.1) is 0 Å². The Morgan fingerprint density at radius 3 is 2.67 bits per heavy atom. The fraction of sp³-hybridized carbons (Fsp3) is 0.500. The number of nitrogens with zero attached hydrogens (tertiary/aromatic N) is 3. The number of nitrogens with two attached hydrogens (primary N) is 2. The molecule has 0 saturated heterocycles. The summed E-state index contributed by atoms with van der Waals surface area (Å²) in [6, 6.07) is 8.45. The Morgan fingerprint density at radius 2 is 1.95 bits per heavy atom. The molecule has 112 valence electrons. The maximum atomic E-state index is 6.21. The predicted octanol–water partition coefficient (Wildman–Crippen LogP) is 2.36. The lowest BCUT2D eigenvalue weighted by atomic mass is 9.87. The highest BCUT2D eigenvalue weighted by atomic mass is 15.4. The SMILES string of the molecule is CCc1cccc(N2C(N)=NC(N)=NC23CCCCC3)c1. The molecule has 2 aliphatic rings. The van der Waals surface area contributed by atoms with E-state index in [1.165, 1.54) is 12.0 Å². The smallest absolute Gasteiger partial charge is 0.220 e. The van der Waals surface area contributed by atoms with Crippen LogP contribution in [0.4, 0.5) is 5.69 Å². The zero-order chi connectivity index (χ0) is 14.9. The topological polar surface area (TPSA) is 80.0 Å². The molecule has 1 aromatic rings. The molecule has 1 saturated carbocycles. The van der Waals surface area contributed by atoms with Crippen molar-refractivity contribution in [2.45, 2.75) is 51.1 Å². The van der Waals surface area contributed by atoms with Crippen LogP contribution in [0.25, 0.3) is 0 Å². The van der Waals surface area contributed by atoms with Gasteiger partial charge in [0.25, 0.3) is 0 Å². The molecule has 5 heteroatoms. The Morgan fingerprint density at radius 1 is 1.19 bits per heavy atom. The van der Waals surface area contributed by atoms with E-state index in [1.807, 2.05) is 0 Å². The normalized spacial score (nSPS) is 21.1. The second-order valence-corrected chi connectivity index (χ2v) is 5.84. The van der Waals surface area contributed by atoms with Crippen LogP contribution in [-0.2, 0) is 6.42 Å². The molecule has 1 aliphatic carbocycles. The van der Waals surface area contributed by atoms with Crippen molar-refractivity contribution < 1.29 is 0 Å². The van der Waals surface area contributed by atoms with Gasteiger partial charge in [-0.15, -0.1) is 0 Å². The maximum absolute atomic E-state index is 6.21. The minimum atomic E-state index is -0.347. The van der Waals surface area contributed by atoms with Crippen molar-refractivity contribution in [1.29, 1.82) is 0 Å². The summed E-state index contributed by atoms with van der Waals surface area (Å²) in [5, 5.41) is 0. The average Bonchev–Trinajstić information content (AvgIpc) is 2.47. The van der Waals surface area contributed by atoms with Crippen molar-refractivity contribution >= 4 is 17.6 Å². The van der Waals surface area contributed by atoms with E-state index in [4.69, 9.17) is 11.5 Å². The Balaban J connectivity index is 2.06. The molecule has 0 aromatic heterocycles. The van der Waals surface area contributed by atoms with Crippen LogP contribution in [0.15, 0.2) is 34.3 Å². The first kappa shape index (κ1) is 13.9. The van der Waals surface area contributed by atoms with Crippen LogP contribution in [0.1, 0.15) is 44.6 Å². The summed E-state index contributed by atoms with van der Waals surface area (Å²) < 4.78 is 0. The second-order valence-electron chi connectivity index (χ2n) is 5.84. The average molecular weight is 285 g/mol. The molecule has 0 atom stereocenters. The van der Waals surface area contributed by atoms with Crippen molar-refractivity contribution in [2.75, 3.05) is 4.90 Å². The monoisotopic (exact) mass is 285 g/mol. The molecular formula is C16H23N5. The molecule has 0 unspecified atom stereocenters. The Hall–Kier alpha value is -2.04. The molecule has 1 fully saturated rings. The second kappa shape index (κ2) is 5.39. The summed E-state index contributed by atoms with van der Waals surface area (Å²) >= 11 is 0. The van der Waals surface area contributed by atoms with Crippen LogP contribution in [0.3, 0.4) is 0 Å². The molecule has 5 nitrogen and oxygen atoms in total. The van der Waals surface area contributed by atoms with E-state index in [9.17, 15) is 0 Å². The van der Waals surface area contributed by atoms with Crippen molar-refractivity contribution in [2.24, 2.45) is 21.5 Å². The van der Waals surface area contributed by atoms with Crippen LogP contribution < -0.4 is 16.4 Å². The first-order valence-electron chi connectivity index (χ1n) is 7.73. The van der Waals surface area contributed by atoms with Gasteiger partial charge in [-0.05, 0) is 49.8 Å². The summed E-state index contributed by atoms with van der Waals surface area (Å²) in [6.45, 7) is 2.15. The maximum Gasteiger partial charge on any atom is 0.220 e. The van der Waals surface area contributed by atoms with Gasteiger partial charge in [0.15, 0.2) is 0 Å². The lowest BCUT2D eigenvalue weighted by Crippen LogP contribution is -2.58. The van der Waals surface area contributed by atoms with Gasteiger partial charge in [-0.2, -0.15) is 4.99 Å². The van der Waals surface area contributed by atoms with Gasteiger partial charge in [0, 0.05) is 5.69 Å². The summed E-state index contributed by atoms with van der Waals surface area (Å²) in [4.78, 5) is 11.0. The first-order chi connectivity index (χ1) is 10.1. The largest absolute Gasteiger partial charge is 0.369 e. The number of aryl methyl sites for hydroxylation is 1. The van der Waals surface area contributed by atoms with Gasteiger partial charge >= 0.3 is 0 Å². The van der Waals surface area contributed by atoms with E-state index in [1.54, 1.807) is 0 Å². The number of benzene rings is 1. The van der Waals surface area contributed by atoms with E-state index in [0.29, 0.717) is 11.9 Å². The highest BCUT2D eigenvalue weighted by Crippen LogP contribution is 2.39. The lowest BCUT2D eigenvalue weighted by molar-refractivity contribution is 0.305. The van der Waals surface area contributed by atoms with E-state index in [-0.39, 0.29) is 5.66 Å². The first-order valence-corrected chi connectivity index (χ1v) is 7.73. The van der Waals surface area contributed by atoms with Gasteiger partial charge in [-0.1, -0.05) is 25.5 Å². The van der Waals surface area contributed by atoms with Gasteiger partial charge in [-0.25, -0.2) is 4.99 Å². The number of aliphatic imine (C=N–C) groups is 2. The standard InChI is InChI=1S/C16H23N5/c1-2-12-7-6-8-13(11-12)21-15(18)19-14(17)20-16(21)9-4-3-5-10-16/h6-8,11H,2-5,9-10H2,1H3,(H4,17,18,19,20). The Kier molecular flexibility index (Phi) is 3.57. The van der Waals surface area contributed by atoms with Crippen LogP contribution in [-0.4, -0.2) is 17.6 Å². The number of rotatable bonds is 2. The van der Waals surface area contributed by atoms with Gasteiger partial charge in [-0.3, -0.25) is 4.90 Å². The summed E-state index contributed by atoms with van der Waals surface area (Å²) in [5.41, 5.74) is 14.1. The van der Waals surface area contributed by atoms with E-state index in [0.717, 1.165) is 37.8 Å². The molecule has 21 heavy (non-hydrogen) atoms. The van der Waals surface area contributed by atoms with Crippen molar-refractivity contribution in [3.63, 3.8) is 0 Å². The predicted molar refractivity (Wildman–Crippen MR) is 87.4 cm³/mol. The summed E-state index contributed by atoms with van der Waals surface area (Å²) in [7, 11) is 0. The van der Waals surface area contributed by atoms with Crippen molar-refractivity contribution in [1.82, 2.24) is 0 Å². The number of anilines is 1. The fourth-order valence-electron chi connectivity index (χ4n) is 3.41. The number of guanidine groups is 2. The highest BCUT2D eigenvalue weighted by molar-refractivity contribution is 6.05. The molecule has 0 bridgehead atoms. The zero-order valence-corrected chi connectivity index (χ0v) is 12.5. The third kappa shape index (κ3) is 2.48. The molecule has 1 heterocycles. The lowest BCUT2D eigenvalue weighted by Gasteiger charge is -2.45. The molecule has 0 amide bonds. The van der Waals surface area contributed by atoms with E-state index >= 15 is 0 Å². The van der Waals surface area contributed by atoms with Crippen molar-refractivity contribution in [3.05, 3.63) is 29.8 Å². The minimum absolute atomic E-state index is 0.303. The van der Waals surface area contributed by atoms with Crippen LogP contribution >= 0.6 is 0 Å². The molecule has 4 N–H and O–H groups in total. The Labute approximate surface area is 125 Å². The van der Waals surface area contributed by atoms with E-state index < -0.39 is 0 Å². The molecule has 1 aliphatic heterocycles. The molecule has 1 aromatic carbocycles. The highest BCUT2D eigenvalue weighted by Gasteiger charge is 2.42. The van der Waals surface area contributed by atoms with Gasteiger partial charge < -0.3 is 11.5 Å². The molecule has 0 radical (unpaired) electrons. The van der Waals surface area contributed by atoms with E-state index in [2.05, 4.69) is 46.1 Å². The fourth-order valence-corrected chi connectivity index (χ4v) is 3.41. The van der Waals surface area contributed by atoms with Crippen LogP contribution in [0.2, 0.25) is 0 Å².